The quantitative estimate of drug-likeness (QED) is 0.143. The summed E-state index contributed by atoms with van der Waals surface area (Å²) in [5, 5.41) is 7.28. The Balaban J connectivity index is 1.09. The van der Waals surface area contributed by atoms with Gasteiger partial charge in [-0.25, -0.2) is 4.99 Å². The van der Waals surface area contributed by atoms with E-state index in [9.17, 15) is 0 Å². The van der Waals surface area contributed by atoms with Gasteiger partial charge in [-0.3, -0.25) is 4.99 Å². The van der Waals surface area contributed by atoms with Crippen LogP contribution in [0.5, 0.6) is 0 Å². The van der Waals surface area contributed by atoms with Gasteiger partial charge in [0.15, 0.2) is 5.84 Å². The first-order valence-electron chi connectivity index (χ1n) is 22.2. The van der Waals surface area contributed by atoms with E-state index in [4.69, 9.17) is 9.98 Å². The van der Waals surface area contributed by atoms with Crippen molar-refractivity contribution in [3.8, 4) is 22.3 Å². The minimum absolute atomic E-state index is 0.0580. The first-order valence-corrected chi connectivity index (χ1v) is 22.2. The zero-order valence-electron chi connectivity index (χ0n) is 35.1. The van der Waals surface area contributed by atoms with E-state index >= 15 is 0 Å². The van der Waals surface area contributed by atoms with E-state index in [-0.39, 0.29) is 12.0 Å². The molecule has 0 bridgehead atoms. The van der Waals surface area contributed by atoms with Gasteiger partial charge in [0, 0.05) is 16.9 Å². The molecule has 2 heteroatoms. The summed E-state index contributed by atoms with van der Waals surface area (Å²) in [6, 6.07) is 82.3. The Bertz CT molecular complexity index is 3380. The standard InChI is InChI=1S/C61H44N2/c1-2-46-58(40-20-7-3-8-21-40)62-60(63-59(46)41-22-9-4-10-23-41)53-32-19-31-51-47-28-15-16-29-48(47)54-38-42(35-37-52(54)57(51)53)43-34-36-50-49-30-17-18-33-55(49)61(56(50)39-43,44-24-11-5-12-25-44)45-26-13-6-14-27-45/h3-39,46,58H,2H2,1H3. The van der Waals surface area contributed by atoms with Crippen LogP contribution in [0, 0.1) is 5.92 Å². The van der Waals surface area contributed by atoms with Crippen LogP contribution in [0.2, 0.25) is 0 Å². The van der Waals surface area contributed by atoms with Crippen molar-refractivity contribution < 1.29 is 0 Å². The van der Waals surface area contributed by atoms with E-state index in [0.717, 1.165) is 29.1 Å². The Morgan fingerprint density at radius 3 is 1.67 bits per heavy atom. The second-order valence-corrected chi connectivity index (χ2v) is 17.0. The fourth-order valence-electron chi connectivity index (χ4n) is 11.0. The highest BCUT2D eigenvalue weighted by Gasteiger charge is 2.46. The summed E-state index contributed by atoms with van der Waals surface area (Å²) in [5.41, 5.74) is 14.2. The molecule has 0 fully saturated rings. The van der Waals surface area contributed by atoms with Gasteiger partial charge >= 0.3 is 0 Å². The lowest BCUT2D eigenvalue weighted by Gasteiger charge is -2.34. The first kappa shape index (κ1) is 37.1. The molecule has 0 aromatic heterocycles. The molecule has 0 saturated heterocycles. The van der Waals surface area contributed by atoms with Crippen molar-refractivity contribution in [3.05, 3.63) is 263 Å². The molecule has 0 spiro atoms. The zero-order chi connectivity index (χ0) is 41.9. The molecule has 2 atom stereocenters. The molecule has 1 aliphatic carbocycles. The second-order valence-electron chi connectivity index (χ2n) is 17.0. The minimum atomic E-state index is -0.465. The number of amidine groups is 1. The predicted molar refractivity (Wildman–Crippen MR) is 264 cm³/mol. The van der Waals surface area contributed by atoms with Crippen molar-refractivity contribution in [2.75, 3.05) is 0 Å². The van der Waals surface area contributed by atoms with Gasteiger partial charge < -0.3 is 0 Å². The van der Waals surface area contributed by atoms with Crippen LogP contribution in [0.4, 0.5) is 0 Å². The van der Waals surface area contributed by atoms with Gasteiger partial charge in [-0.15, -0.1) is 0 Å². The maximum absolute atomic E-state index is 5.60. The number of hydrogen-bond donors (Lipinski definition) is 0. The zero-order valence-corrected chi connectivity index (χ0v) is 35.1. The van der Waals surface area contributed by atoms with Crippen molar-refractivity contribution in [1.82, 2.24) is 0 Å². The monoisotopic (exact) mass is 804 g/mol. The van der Waals surface area contributed by atoms with Gasteiger partial charge in [0.1, 0.15) is 0 Å². The number of benzene rings is 10. The average molecular weight is 805 g/mol. The van der Waals surface area contributed by atoms with Crippen LogP contribution in [0.3, 0.4) is 0 Å². The molecule has 12 rings (SSSR count). The fraction of sp³-hybridized carbons (Fsp3) is 0.0820. The smallest absolute Gasteiger partial charge is 0.156 e. The van der Waals surface area contributed by atoms with Gasteiger partial charge in [0.05, 0.1) is 17.2 Å². The molecule has 63 heavy (non-hydrogen) atoms. The normalized spacial score (nSPS) is 16.4. The number of fused-ring (bicyclic) bond motifs is 9. The van der Waals surface area contributed by atoms with Gasteiger partial charge in [-0.2, -0.15) is 0 Å². The summed E-state index contributed by atoms with van der Waals surface area (Å²) in [6.45, 7) is 2.26. The van der Waals surface area contributed by atoms with Crippen molar-refractivity contribution in [1.29, 1.82) is 0 Å². The highest BCUT2D eigenvalue weighted by Crippen LogP contribution is 2.57. The molecule has 10 aromatic carbocycles. The van der Waals surface area contributed by atoms with Crippen molar-refractivity contribution >= 4 is 43.9 Å². The molecule has 2 unspecified atom stereocenters. The van der Waals surface area contributed by atoms with Crippen molar-refractivity contribution in [2.45, 2.75) is 24.8 Å². The number of hydrogen-bond acceptors (Lipinski definition) is 2. The summed E-state index contributed by atoms with van der Waals surface area (Å²) in [5.74, 6) is 0.936. The molecular weight excluding hydrogens is 761 g/mol. The van der Waals surface area contributed by atoms with E-state index in [1.807, 2.05) is 0 Å². The van der Waals surface area contributed by atoms with E-state index in [1.165, 1.54) is 82.4 Å². The lowest BCUT2D eigenvalue weighted by Crippen LogP contribution is -2.28. The molecule has 2 aliphatic rings. The van der Waals surface area contributed by atoms with Gasteiger partial charge in [0.25, 0.3) is 0 Å². The van der Waals surface area contributed by atoms with E-state index < -0.39 is 5.41 Å². The molecule has 0 saturated carbocycles. The predicted octanol–water partition coefficient (Wildman–Crippen LogP) is 15.2. The van der Waals surface area contributed by atoms with Crippen LogP contribution in [-0.2, 0) is 5.41 Å². The third-order valence-corrected chi connectivity index (χ3v) is 13.8. The number of aliphatic imine (C=N–C) groups is 2. The summed E-state index contributed by atoms with van der Waals surface area (Å²) in [7, 11) is 0. The van der Waals surface area contributed by atoms with E-state index in [0.29, 0.717) is 0 Å². The summed E-state index contributed by atoms with van der Waals surface area (Å²) >= 11 is 0. The lowest BCUT2D eigenvalue weighted by atomic mass is 9.67. The van der Waals surface area contributed by atoms with Crippen molar-refractivity contribution in [2.24, 2.45) is 15.9 Å². The molecule has 298 valence electrons. The van der Waals surface area contributed by atoms with Crippen LogP contribution in [0.25, 0.3) is 54.6 Å². The molecule has 1 heterocycles. The highest BCUT2D eigenvalue weighted by molar-refractivity contribution is 6.31. The molecule has 2 nitrogen and oxygen atoms in total. The fourth-order valence-corrected chi connectivity index (χ4v) is 11.0. The van der Waals surface area contributed by atoms with Crippen LogP contribution in [-0.4, -0.2) is 11.5 Å². The average Bonchev–Trinajstić information content (AvgIpc) is 3.67. The van der Waals surface area contributed by atoms with Gasteiger partial charge in [-0.1, -0.05) is 219 Å². The Kier molecular flexibility index (Phi) is 8.86. The number of rotatable bonds is 7. The largest absolute Gasteiger partial charge is 0.257 e. The Morgan fingerprint density at radius 2 is 0.952 bits per heavy atom. The lowest BCUT2D eigenvalue weighted by molar-refractivity contribution is 0.532. The maximum atomic E-state index is 5.60. The second kappa shape index (κ2) is 15.0. The van der Waals surface area contributed by atoms with Crippen molar-refractivity contribution in [3.63, 3.8) is 0 Å². The Labute approximate surface area is 368 Å². The third-order valence-electron chi connectivity index (χ3n) is 13.8. The summed E-state index contributed by atoms with van der Waals surface area (Å²) < 4.78 is 0. The first-order chi connectivity index (χ1) is 31.2. The van der Waals surface area contributed by atoms with Crippen LogP contribution < -0.4 is 0 Å². The summed E-state index contributed by atoms with van der Waals surface area (Å²) in [6.07, 6.45) is 0.933. The van der Waals surface area contributed by atoms with E-state index in [1.54, 1.807) is 0 Å². The third kappa shape index (κ3) is 5.79. The number of nitrogens with zero attached hydrogens (tertiary/aromatic N) is 2. The van der Waals surface area contributed by atoms with Gasteiger partial charge in [-0.05, 0) is 101 Å². The van der Waals surface area contributed by atoms with Crippen LogP contribution in [0.15, 0.2) is 234 Å². The van der Waals surface area contributed by atoms with Gasteiger partial charge in [0.2, 0.25) is 0 Å². The summed E-state index contributed by atoms with van der Waals surface area (Å²) in [4.78, 5) is 11.1. The molecule has 0 amide bonds. The topological polar surface area (TPSA) is 24.7 Å². The molecule has 0 radical (unpaired) electrons. The van der Waals surface area contributed by atoms with Crippen LogP contribution >= 0.6 is 0 Å². The Morgan fingerprint density at radius 1 is 0.413 bits per heavy atom. The van der Waals surface area contributed by atoms with E-state index in [2.05, 4.69) is 231 Å². The Hall–Kier alpha value is -7.68. The maximum Gasteiger partial charge on any atom is 0.156 e. The minimum Gasteiger partial charge on any atom is -0.257 e. The van der Waals surface area contributed by atoms with Crippen LogP contribution in [0.1, 0.15) is 58.3 Å². The molecule has 1 aliphatic heterocycles. The molecule has 0 N–H and O–H groups in total. The highest BCUT2D eigenvalue weighted by atomic mass is 15.0. The SMILES string of the molecule is CCC1C(c2ccccc2)=NC(c2cccc3c4ccccc4c4cc(-c5ccc6c(c5)C(c5ccccc5)(c5ccccc5)c5ccccc5-6)ccc4c23)=NC1c1ccccc1. The molecular formula is C61H44N2. The molecule has 10 aromatic rings.